The minimum atomic E-state index is -1.05. The Bertz CT molecular complexity index is 549. The van der Waals surface area contributed by atoms with Gasteiger partial charge in [-0.3, -0.25) is 4.79 Å². The van der Waals surface area contributed by atoms with Gasteiger partial charge in [0.15, 0.2) is 5.69 Å². The number of carboxylic acids is 1. The van der Waals surface area contributed by atoms with E-state index in [1.165, 1.54) is 29.0 Å². The van der Waals surface area contributed by atoms with Gasteiger partial charge in [-0.1, -0.05) is 5.16 Å². The Morgan fingerprint density at radius 3 is 2.94 bits per heavy atom. The molecule has 0 fully saturated rings. The van der Waals surface area contributed by atoms with Gasteiger partial charge in [0.2, 0.25) is 5.76 Å². The van der Waals surface area contributed by atoms with Crippen molar-refractivity contribution >= 4 is 23.2 Å². The summed E-state index contributed by atoms with van der Waals surface area (Å²) in [5.41, 5.74) is 0.0246. The SMILES string of the molecule is O=C(O)c1csc(CCNC(=O)c2ccno2)n1. The number of hydrogen-bond donors (Lipinski definition) is 2. The molecule has 0 aliphatic carbocycles. The van der Waals surface area contributed by atoms with Crippen molar-refractivity contribution in [1.82, 2.24) is 15.5 Å². The van der Waals surface area contributed by atoms with E-state index >= 15 is 0 Å². The molecule has 8 heteroatoms. The van der Waals surface area contributed by atoms with Crippen LogP contribution in [-0.4, -0.2) is 33.7 Å². The molecule has 0 spiro atoms. The van der Waals surface area contributed by atoms with Gasteiger partial charge in [-0.15, -0.1) is 11.3 Å². The first-order valence-electron chi connectivity index (χ1n) is 5.03. The van der Waals surface area contributed by atoms with Crippen LogP contribution in [0.1, 0.15) is 26.1 Å². The van der Waals surface area contributed by atoms with E-state index in [9.17, 15) is 9.59 Å². The van der Waals surface area contributed by atoms with Crippen LogP contribution in [0.2, 0.25) is 0 Å². The minimum absolute atomic E-state index is 0.0246. The third kappa shape index (κ3) is 2.92. The lowest BCUT2D eigenvalue weighted by Crippen LogP contribution is -2.25. The Morgan fingerprint density at radius 1 is 1.50 bits per heavy atom. The zero-order valence-corrected chi connectivity index (χ0v) is 9.94. The minimum Gasteiger partial charge on any atom is -0.476 e. The summed E-state index contributed by atoms with van der Waals surface area (Å²) < 4.78 is 4.68. The number of hydrogen-bond acceptors (Lipinski definition) is 6. The molecule has 0 saturated heterocycles. The predicted molar refractivity (Wildman–Crippen MR) is 61.6 cm³/mol. The fraction of sp³-hybridized carbons (Fsp3) is 0.200. The van der Waals surface area contributed by atoms with E-state index in [0.29, 0.717) is 18.0 Å². The summed E-state index contributed by atoms with van der Waals surface area (Å²) >= 11 is 1.25. The van der Waals surface area contributed by atoms with Crippen molar-refractivity contribution in [2.75, 3.05) is 6.54 Å². The maximum Gasteiger partial charge on any atom is 0.355 e. The quantitative estimate of drug-likeness (QED) is 0.830. The molecule has 2 aromatic rings. The number of nitrogens with one attached hydrogen (secondary N) is 1. The second kappa shape index (κ2) is 5.41. The van der Waals surface area contributed by atoms with Crippen LogP contribution >= 0.6 is 11.3 Å². The van der Waals surface area contributed by atoms with E-state index in [-0.39, 0.29) is 17.4 Å². The van der Waals surface area contributed by atoms with Gasteiger partial charge in [-0.2, -0.15) is 0 Å². The molecule has 0 radical (unpaired) electrons. The van der Waals surface area contributed by atoms with E-state index in [1.54, 1.807) is 0 Å². The summed E-state index contributed by atoms with van der Waals surface area (Å²) in [6.07, 6.45) is 1.85. The number of carboxylic acid groups (broad SMARTS) is 1. The van der Waals surface area contributed by atoms with Crippen LogP contribution in [0, 0.1) is 0 Å². The maximum absolute atomic E-state index is 11.5. The van der Waals surface area contributed by atoms with Crippen LogP contribution in [0.5, 0.6) is 0 Å². The molecule has 94 valence electrons. The van der Waals surface area contributed by atoms with Crippen molar-refractivity contribution in [3.8, 4) is 0 Å². The zero-order chi connectivity index (χ0) is 13.0. The molecule has 0 aliphatic heterocycles. The normalized spacial score (nSPS) is 10.2. The van der Waals surface area contributed by atoms with Crippen molar-refractivity contribution in [2.24, 2.45) is 0 Å². The maximum atomic E-state index is 11.5. The number of amides is 1. The highest BCUT2D eigenvalue weighted by Crippen LogP contribution is 2.09. The Labute approximate surface area is 105 Å². The van der Waals surface area contributed by atoms with Gasteiger partial charge in [0.25, 0.3) is 5.91 Å². The first-order valence-corrected chi connectivity index (χ1v) is 5.91. The molecule has 2 rings (SSSR count). The highest BCUT2D eigenvalue weighted by Gasteiger charge is 2.11. The van der Waals surface area contributed by atoms with Crippen molar-refractivity contribution < 1.29 is 19.2 Å². The van der Waals surface area contributed by atoms with E-state index in [2.05, 4.69) is 20.0 Å². The fourth-order valence-electron chi connectivity index (χ4n) is 1.23. The van der Waals surface area contributed by atoms with Crippen molar-refractivity contribution in [2.45, 2.75) is 6.42 Å². The molecular formula is C10H9N3O4S. The lowest BCUT2D eigenvalue weighted by Gasteiger charge is -1.99. The molecule has 0 unspecified atom stereocenters. The average Bonchev–Trinajstić information content (AvgIpc) is 3.00. The summed E-state index contributed by atoms with van der Waals surface area (Å²) in [6.45, 7) is 0.353. The molecule has 0 aliphatic rings. The average molecular weight is 267 g/mol. The summed E-state index contributed by atoms with van der Waals surface area (Å²) in [7, 11) is 0. The third-order valence-corrected chi connectivity index (χ3v) is 2.97. The van der Waals surface area contributed by atoms with Crippen molar-refractivity contribution in [3.63, 3.8) is 0 Å². The number of nitrogens with zero attached hydrogens (tertiary/aromatic N) is 2. The number of aromatic nitrogens is 2. The zero-order valence-electron chi connectivity index (χ0n) is 9.12. The molecule has 0 bridgehead atoms. The second-order valence-corrected chi connectivity index (χ2v) is 4.26. The molecule has 7 nitrogen and oxygen atoms in total. The summed E-state index contributed by atoms with van der Waals surface area (Å²) in [5.74, 6) is -1.27. The molecule has 0 aromatic carbocycles. The number of carbonyl (C=O) groups is 2. The molecule has 1 amide bonds. The van der Waals surface area contributed by atoms with Gasteiger partial charge in [-0.25, -0.2) is 9.78 Å². The molecule has 0 atom stereocenters. The van der Waals surface area contributed by atoms with Gasteiger partial charge in [0, 0.05) is 24.4 Å². The number of aromatic carboxylic acids is 1. The third-order valence-electron chi connectivity index (χ3n) is 2.06. The van der Waals surface area contributed by atoms with Gasteiger partial charge in [0.1, 0.15) is 0 Å². The number of carbonyl (C=O) groups excluding carboxylic acids is 1. The lowest BCUT2D eigenvalue weighted by atomic mass is 10.4. The van der Waals surface area contributed by atoms with Gasteiger partial charge < -0.3 is 14.9 Å². The van der Waals surface area contributed by atoms with Crippen LogP contribution < -0.4 is 5.32 Å². The largest absolute Gasteiger partial charge is 0.476 e. The van der Waals surface area contributed by atoms with E-state index in [4.69, 9.17) is 5.11 Å². The van der Waals surface area contributed by atoms with E-state index in [0.717, 1.165) is 0 Å². The first kappa shape index (κ1) is 12.2. The molecular weight excluding hydrogens is 258 g/mol. The lowest BCUT2D eigenvalue weighted by molar-refractivity contribution is 0.0690. The van der Waals surface area contributed by atoms with E-state index in [1.807, 2.05) is 0 Å². The predicted octanol–water partition coefficient (Wildman–Crippen LogP) is 0.802. The van der Waals surface area contributed by atoms with Crippen LogP contribution in [0.15, 0.2) is 22.2 Å². The molecule has 18 heavy (non-hydrogen) atoms. The van der Waals surface area contributed by atoms with Crippen molar-refractivity contribution in [3.05, 3.63) is 34.1 Å². The second-order valence-electron chi connectivity index (χ2n) is 3.31. The first-order chi connectivity index (χ1) is 8.66. The van der Waals surface area contributed by atoms with E-state index < -0.39 is 5.97 Å². The van der Waals surface area contributed by atoms with Gasteiger partial charge >= 0.3 is 5.97 Å². The smallest absolute Gasteiger partial charge is 0.355 e. The molecule has 2 N–H and O–H groups in total. The molecule has 2 aromatic heterocycles. The Hall–Kier alpha value is -2.22. The highest BCUT2D eigenvalue weighted by molar-refractivity contribution is 7.09. The monoisotopic (exact) mass is 267 g/mol. The standard InChI is InChI=1S/C10H9N3O4S/c14-9(7-1-4-12-17-7)11-3-2-8-13-6(5-18-8)10(15)16/h1,4-5H,2-3H2,(H,11,14)(H,15,16). The summed E-state index contributed by atoms with van der Waals surface area (Å²) in [4.78, 5) is 26.0. The van der Waals surface area contributed by atoms with Crippen LogP contribution in [0.25, 0.3) is 0 Å². The Morgan fingerprint density at radius 2 is 2.33 bits per heavy atom. The van der Waals surface area contributed by atoms with Gasteiger partial charge in [0.05, 0.1) is 11.2 Å². The molecule has 0 saturated carbocycles. The summed E-state index contributed by atoms with van der Waals surface area (Å²) in [6, 6.07) is 1.46. The van der Waals surface area contributed by atoms with Crippen LogP contribution in [-0.2, 0) is 6.42 Å². The van der Waals surface area contributed by atoms with Crippen LogP contribution in [0.3, 0.4) is 0 Å². The number of thiazole rings is 1. The Balaban J connectivity index is 1.81. The van der Waals surface area contributed by atoms with Crippen molar-refractivity contribution in [1.29, 1.82) is 0 Å². The topological polar surface area (TPSA) is 105 Å². The van der Waals surface area contributed by atoms with Gasteiger partial charge in [-0.05, 0) is 0 Å². The summed E-state index contributed by atoms with van der Waals surface area (Å²) in [5, 5.41) is 16.9. The highest BCUT2D eigenvalue weighted by atomic mass is 32.1. The van der Waals surface area contributed by atoms with Crippen LogP contribution in [0.4, 0.5) is 0 Å². The Kier molecular flexibility index (Phi) is 3.68. The fourth-order valence-corrected chi connectivity index (χ4v) is 2.00. The molecule has 2 heterocycles. The number of rotatable bonds is 5.